The molecule has 2 N–H and O–H groups in total. The van der Waals surface area contributed by atoms with Crippen LogP contribution in [-0.2, 0) is 4.79 Å². The molecule has 0 bridgehead atoms. The number of carbonyl (C=O) groups excluding carboxylic acids is 2. The van der Waals surface area contributed by atoms with Crippen LogP contribution in [0.4, 0.5) is 21.9 Å². The van der Waals surface area contributed by atoms with Crippen LogP contribution in [0.2, 0.25) is 0 Å². The van der Waals surface area contributed by atoms with Gasteiger partial charge in [0.1, 0.15) is 11.5 Å². The van der Waals surface area contributed by atoms with E-state index in [9.17, 15) is 9.59 Å². The molecule has 0 saturated carbocycles. The van der Waals surface area contributed by atoms with Crippen LogP contribution in [0.25, 0.3) is 0 Å². The van der Waals surface area contributed by atoms with Gasteiger partial charge < -0.3 is 19.8 Å². The molecule has 2 atom stereocenters. The van der Waals surface area contributed by atoms with E-state index in [1.165, 1.54) is 0 Å². The second-order valence-corrected chi connectivity index (χ2v) is 9.39. The predicted octanol–water partition coefficient (Wildman–Crippen LogP) is 6.89. The van der Waals surface area contributed by atoms with Crippen molar-refractivity contribution in [3.05, 3.63) is 120 Å². The molecule has 3 aromatic carbocycles. The van der Waals surface area contributed by atoms with Gasteiger partial charge in [0.15, 0.2) is 5.78 Å². The summed E-state index contributed by atoms with van der Waals surface area (Å²) in [6, 6.07) is 27.1. The van der Waals surface area contributed by atoms with Gasteiger partial charge in [0, 0.05) is 34.9 Å². The fourth-order valence-electron chi connectivity index (χ4n) is 5.43. The van der Waals surface area contributed by atoms with Crippen molar-refractivity contribution < 1.29 is 18.7 Å². The highest BCUT2D eigenvalue weighted by Gasteiger charge is 2.43. The number of para-hydroxylation sites is 4. The number of allylic oxidation sites excluding steroid dienone is 1. The third kappa shape index (κ3) is 4.22. The third-order valence-corrected chi connectivity index (χ3v) is 7.11. The number of furan rings is 1. The minimum absolute atomic E-state index is 0.0404. The summed E-state index contributed by atoms with van der Waals surface area (Å²) in [4.78, 5) is 29.8. The molecule has 38 heavy (non-hydrogen) atoms. The lowest BCUT2D eigenvalue weighted by atomic mass is 9.80. The van der Waals surface area contributed by atoms with Crippen molar-refractivity contribution in [3.8, 4) is 5.75 Å². The summed E-state index contributed by atoms with van der Waals surface area (Å²) in [5.41, 5.74) is 4.13. The van der Waals surface area contributed by atoms with Crippen LogP contribution in [0.3, 0.4) is 0 Å². The molecule has 190 valence electrons. The van der Waals surface area contributed by atoms with Gasteiger partial charge in [-0.3, -0.25) is 9.69 Å². The Bertz CT molecular complexity index is 1510. The molecule has 1 aromatic heterocycles. The van der Waals surface area contributed by atoms with E-state index in [2.05, 4.69) is 10.6 Å². The van der Waals surface area contributed by atoms with Crippen LogP contribution in [0.1, 0.15) is 36.1 Å². The van der Waals surface area contributed by atoms with E-state index in [0.29, 0.717) is 29.1 Å². The van der Waals surface area contributed by atoms with Crippen LogP contribution in [0.15, 0.2) is 113 Å². The van der Waals surface area contributed by atoms with E-state index in [0.717, 1.165) is 22.7 Å². The van der Waals surface area contributed by atoms with Crippen LogP contribution >= 0.6 is 0 Å². The molecule has 1 aliphatic heterocycles. The Hall–Kier alpha value is -4.78. The molecule has 4 aromatic rings. The Balaban J connectivity index is 1.55. The molecule has 6 rings (SSSR count). The Labute approximate surface area is 220 Å². The highest BCUT2D eigenvalue weighted by Crippen LogP contribution is 2.49. The highest BCUT2D eigenvalue weighted by molar-refractivity contribution is 6.09. The number of anilines is 3. The summed E-state index contributed by atoms with van der Waals surface area (Å²) >= 11 is 0. The maximum absolute atomic E-state index is 14.1. The van der Waals surface area contributed by atoms with Crippen molar-refractivity contribution in [2.24, 2.45) is 0 Å². The van der Waals surface area contributed by atoms with Crippen molar-refractivity contribution >= 4 is 28.9 Å². The van der Waals surface area contributed by atoms with E-state index in [4.69, 9.17) is 9.15 Å². The number of nitrogens with zero attached hydrogens (tertiary/aromatic N) is 1. The number of amides is 2. The topological polar surface area (TPSA) is 83.8 Å². The van der Waals surface area contributed by atoms with Crippen LogP contribution in [-0.4, -0.2) is 18.9 Å². The molecule has 0 radical (unpaired) electrons. The van der Waals surface area contributed by atoms with Gasteiger partial charge >= 0.3 is 6.03 Å². The molecule has 2 amide bonds. The van der Waals surface area contributed by atoms with Crippen molar-refractivity contribution in [3.63, 3.8) is 0 Å². The SMILES string of the molecule is COc1ccccc1[C@@H]1C2=C(C[C@H](c3ccco3)CC2=O)Nc2ccccc2N1C(=O)Nc1ccccc1. The monoisotopic (exact) mass is 505 g/mol. The lowest BCUT2D eigenvalue weighted by molar-refractivity contribution is -0.116. The average Bonchev–Trinajstić information content (AvgIpc) is 3.44. The molecule has 7 heteroatoms. The normalized spacial score (nSPS) is 18.7. The number of ether oxygens (including phenoxy) is 1. The summed E-state index contributed by atoms with van der Waals surface area (Å²) in [6.45, 7) is 0. The summed E-state index contributed by atoms with van der Waals surface area (Å²) in [7, 11) is 1.60. The number of hydrogen-bond donors (Lipinski definition) is 2. The second-order valence-electron chi connectivity index (χ2n) is 9.39. The minimum atomic E-state index is -0.717. The summed E-state index contributed by atoms with van der Waals surface area (Å²) in [5, 5.41) is 6.55. The number of hydrogen-bond acceptors (Lipinski definition) is 5. The molecule has 0 saturated heterocycles. The van der Waals surface area contributed by atoms with Crippen LogP contribution in [0, 0.1) is 0 Å². The molecular formula is C31H27N3O4. The maximum Gasteiger partial charge on any atom is 0.327 e. The standard InChI is InChI=1S/C31H27N3O4/c1-37-28-15-8-5-12-22(28)30-29-24(18-20(19-26(29)35)27-16-9-17-38-27)33-23-13-6-7-14-25(23)34(30)31(36)32-21-10-3-2-4-11-21/h2-17,20,30,33H,18-19H2,1H3,(H,32,36)/t20-,30+/m0/s1. The van der Waals surface area contributed by atoms with Gasteiger partial charge in [0.25, 0.3) is 0 Å². The van der Waals surface area contributed by atoms with Gasteiger partial charge in [0.05, 0.1) is 30.8 Å². The lowest BCUT2D eigenvalue weighted by Crippen LogP contribution is -2.41. The van der Waals surface area contributed by atoms with Crippen molar-refractivity contribution in [2.45, 2.75) is 24.8 Å². The molecule has 0 spiro atoms. The van der Waals surface area contributed by atoms with Gasteiger partial charge in [-0.2, -0.15) is 0 Å². The number of carbonyl (C=O) groups is 2. The Kier molecular flexibility index (Phi) is 6.17. The first-order chi connectivity index (χ1) is 18.6. The number of Topliss-reactive ketones (excluding diaryl/α,β-unsaturated/α-hetero) is 1. The van der Waals surface area contributed by atoms with E-state index in [-0.39, 0.29) is 24.2 Å². The Morgan fingerprint density at radius 3 is 2.50 bits per heavy atom. The number of rotatable bonds is 4. The first-order valence-electron chi connectivity index (χ1n) is 12.6. The number of nitrogens with one attached hydrogen (secondary N) is 2. The van der Waals surface area contributed by atoms with Gasteiger partial charge in [-0.05, 0) is 48.9 Å². The zero-order valence-electron chi connectivity index (χ0n) is 20.9. The smallest absolute Gasteiger partial charge is 0.327 e. The molecule has 2 aliphatic rings. The first kappa shape index (κ1) is 23.6. The number of fused-ring (bicyclic) bond motifs is 1. The largest absolute Gasteiger partial charge is 0.496 e. The Morgan fingerprint density at radius 2 is 1.71 bits per heavy atom. The van der Waals surface area contributed by atoms with Crippen molar-refractivity contribution in [2.75, 3.05) is 22.6 Å². The fraction of sp³-hybridized carbons (Fsp3) is 0.161. The van der Waals surface area contributed by atoms with Gasteiger partial charge in [-0.1, -0.05) is 48.5 Å². The predicted molar refractivity (Wildman–Crippen MR) is 146 cm³/mol. The number of benzene rings is 3. The molecule has 7 nitrogen and oxygen atoms in total. The zero-order chi connectivity index (χ0) is 26.1. The maximum atomic E-state index is 14.1. The second kappa shape index (κ2) is 9.94. The number of methoxy groups -OCH3 is 1. The van der Waals surface area contributed by atoms with Crippen molar-refractivity contribution in [1.82, 2.24) is 0 Å². The summed E-state index contributed by atoms with van der Waals surface area (Å²) in [6.07, 6.45) is 2.49. The third-order valence-electron chi connectivity index (χ3n) is 7.11. The van der Waals surface area contributed by atoms with E-state index >= 15 is 0 Å². The van der Waals surface area contributed by atoms with E-state index < -0.39 is 6.04 Å². The summed E-state index contributed by atoms with van der Waals surface area (Å²) < 4.78 is 11.4. The van der Waals surface area contributed by atoms with E-state index in [1.54, 1.807) is 18.3 Å². The van der Waals surface area contributed by atoms with Gasteiger partial charge in [-0.25, -0.2) is 4.79 Å². The average molecular weight is 506 g/mol. The molecule has 2 heterocycles. The molecule has 1 aliphatic carbocycles. The molecule has 0 unspecified atom stereocenters. The quantitative estimate of drug-likeness (QED) is 0.315. The summed E-state index contributed by atoms with van der Waals surface area (Å²) in [5.74, 6) is 1.24. The van der Waals surface area contributed by atoms with Gasteiger partial charge in [0.2, 0.25) is 0 Å². The number of ketones is 1. The lowest BCUT2D eigenvalue weighted by Gasteiger charge is -2.35. The van der Waals surface area contributed by atoms with E-state index in [1.807, 2.05) is 91.0 Å². The highest BCUT2D eigenvalue weighted by atomic mass is 16.5. The Morgan fingerprint density at radius 1 is 0.947 bits per heavy atom. The fourth-order valence-corrected chi connectivity index (χ4v) is 5.43. The molecular weight excluding hydrogens is 478 g/mol. The van der Waals surface area contributed by atoms with Crippen LogP contribution in [0.5, 0.6) is 5.75 Å². The minimum Gasteiger partial charge on any atom is -0.496 e. The molecule has 0 fully saturated rings. The number of urea groups is 1. The van der Waals surface area contributed by atoms with Gasteiger partial charge in [-0.15, -0.1) is 0 Å². The van der Waals surface area contributed by atoms with Crippen LogP contribution < -0.4 is 20.3 Å². The first-order valence-corrected chi connectivity index (χ1v) is 12.6. The van der Waals surface area contributed by atoms with Crippen molar-refractivity contribution in [1.29, 1.82) is 0 Å². The zero-order valence-corrected chi connectivity index (χ0v) is 20.9.